The van der Waals surface area contributed by atoms with Gasteiger partial charge in [-0.3, -0.25) is 4.98 Å². The first-order valence-corrected chi connectivity index (χ1v) is 6.77. The van der Waals surface area contributed by atoms with Gasteiger partial charge in [-0.1, -0.05) is 6.92 Å². The molecule has 0 saturated heterocycles. The second-order valence-corrected chi connectivity index (χ2v) is 5.47. The van der Waals surface area contributed by atoms with Gasteiger partial charge in [0.05, 0.1) is 6.20 Å². The van der Waals surface area contributed by atoms with E-state index in [2.05, 4.69) is 4.98 Å². The number of pyridine rings is 1. The van der Waals surface area contributed by atoms with E-state index >= 15 is 0 Å². The van der Waals surface area contributed by atoms with Crippen LogP contribution in [0.15, 0.2) is 23.4 Å². The Morgan fingerprint density at radius 1 is 1.41 bits per heavy atom. The van der Waals surface area contributed by atoms with Crippen LogP contribution in [0.4, 0.5) is 4.39 Å². The van der Waals surface area contributed by atoms with Crippen LogP contribution in [0.1, 0.15) is 13.3 Å². The molecule has 1 aromatic heterocycles. The highest BCUT2D eigenvalue weighted by Crippen LogP contribution is 2.15. The summed E-state index contributed by atoms with van der Waals surface area (Å²) in [5, 5.41) is 0. The van der Waals surface area contributed by atoms with Crippen LogP contribution >= 0.6 is 0 Å². The molecule has 1 aromatic rings. The third-order valence-corrected chi connectivity index (χ3v) is 4.03. The summed E-state index contributed by atoms with van der Waals surface area (Å²) in [6, 6.07) is 0.960. The van der Waals surface area contributed by atoms with Gasteiger partial charge in [0.15, 0.2) is 0 Å². The smallest absolute Gasteiger partial charge is 0.244 e. The second-order valence-electron chi connectivity index (χ2n) is 3.53. The van der Waals surface area contributed by atoms with E-state index in [-0.39, 0.29) is 18.0 Å². The first-order valence-electron chi connectivity index (χ1n) is 5.33. The lowest BCUT2D eigenvalue weighted by Crippen LogP contribution is -2.36. The maximum Gasteiger partial charge on any atom is 0.244 e. The molecule has 0 spiro atoms. The molecule has 0 unspecified atom stereocenters. The highest BCUT2D eigenvalue weighted by atomic mass is 32.2. The van der Waals surface area contributed by atoms with E-state index in [9.17, 15) is 12.8 Å². The van der Waals surface area contributed by atoms with Crippen molar-refractivity contribution in [2.75, 3.05) is 19.6 Å². The molecule has 0 aliphatic carbocycles. The zero-order valence-electron chi connectivity index (χ0n) is 9.63. The number of nitrogens with two attached hydrogens (primary N) is 1. The van der Waals surface area contributed by atoms with E-state index in [1.807, 2.05) is 6.92 Å². The van der Waals surface area contributed by atoms with Gasteiger partial charge in [-0.15, -0.1) is 0 Å². The Labute approximate surface area is 101 Å². The molecule has 0 radical (unpaired) electrons. The van der Waals surface area contributed by atoms with Crippen LogP contribution in [0.5, 0.6) is 0 Å². The molecule has 0 aromatic carbocycles. The summed E-state index contributed by atoms with van der Waals surface area (Å²) in [5.41, 5.74) is 5.37. The number of halogens is 1. The number of sulfonamides is 1. The third-order valence-electron chi connectivity index (χ3n) is 2.17. The average Bonchev–Trinajstić information content (AvgIpc) is 2.29. The van der Waals surface area contributed by atoms with E-state index < -0.39 is 15.8 Å². The molecule has 1 rings (SSSR count). The minimum Gasteiger partial charge on any atom is -0.329 e. The van der Waals surface area contributed by atoms with Crippen molar-refractivity contribution >= 4 is 10.0 Å². The number of aromatic nitrogens is 1. The van der Waals surface area contributed by atoms with Crippen molar-refractivity contribution in [1.29, 1.82) is 0 Å². The van der Waals surface area contributed by atoms with E-state index in [1.165, 1.54) is 4.31 Å². The predicted molar refractivity (Wildman–Crippen MR) is 62.3 cm³/mol. The lowest BCUT2D eigenvalue weighted by molar-refractivity contribution is 0.417. The van der Waals surface area contributed by atoms with Gasteiger partial charge >= 0.3 is 0 Å². The lowest BCUT2D eigenvalue weighted by Gasteiger charge is -2.20. The van der Waals surface area contributed by atoms with Crippen molar-refractivity contribution < 1.29 is 12.8 Å². The van der Waals surface area contributed by atoms with Crippen LogP contribution in [0.2, 0.25) is 0 Å². The van der Waals surface area contributed by atoms with E-state index in [0.29, 0.717) is 13.0 Å². The summed E-state index contributed by atoms with van der Waals surface area (Å²) in [5.74, 6) is -0.671. The molecule has 0 atom stereocenters. The molecule has 0 saturated carbocycles. The molecular formula is C10H16FN3O2S. The van der Waals surface area contributed by atoms with E-state index in [0.717, 1.165) is 18.5 Å². The number of hydrogen-bond donors (Lipinski definition) is 1. The van der Waals surface area contributed by atoms with E-state index in [1.54, 1.807) is 0 Å². The molecule has 0 fully saturated rings. The fourth-order valence-corrected chi connectivity index (χ4v) is 2.95. The standard InChI is InChI=1S/C10H16FN3O2S/c1-2-4-14(5-3-12)17(15,16)10-6-9(11)7-13-8-10/h6-8H,2-5,12H2,1H3. The largest absolute Gasteiger partial charge is 0.329 e. The number of rotatable bonds is 6. The molecule has 96 valence electrons. The first kappa shape index (κ1) is 14.0. The van der Waals surface area contributed by atoms with Crippen LogP contribution < -0.4 is 5.73 Å². The summed E-state index contributed by atoms with van der Waals surface area (Å²) < 4.78 is 38.5. The predicted octanol–water partition coefficient (Wildman–Crippen LogP) is 0.580. The van der Waals surface area contributed by atoms with Crippen LogP contribution in [0, 0.1) is 5.82 Å². The third kappa shape index (κ3) is 3.45. The van der Waals surface area contributed by atoms with Gasteiger partial charge in [-0.2, -0.15) is 4.31 Å². The normalized spacial score (nSPS) is 12.0. The van der Waals surface area contributed by atoms with Crippen LogP contribution in [0.3, 0.4) is 0 Å². The summed E-state index contributed by atoms with van der Waals surface area (Å²) in [4.78, 5) is 3.40. The molecule has 0 aliphatic heterocycles. The Morgan fingerprint density at radius 2 is 2.12 bits per heavy atom. The van der Waals surface area contributed by atoms with E-state index in [4.69, 9.17) is 5.73 Å². The van der Waals surface area contributed by atoms with Gasteiger partial charge in [0.1, 0.15) is 10.7 Å². The van der Waals surface area contributed by atoms with Crippen LogP contribution in [-0.4, -0.2) is 37.3 Å². The van der Waals surface area contributed by atoms with Gasteiger partial charge in [-0.05, 0) is 12.5 Å². The van der Waals surface area contributed by atoms with Gasteiger partial charge in [-0.25, -0.2) is 12.8 Å². The molecule has 5 nitrogen and oxygen atoms in total. The minimum absolute atomic E-state index is 0.139. The first-order chi connectivity index (χ1) is 8.02. The lowest BCUT2D eigenvalue weighted by atomic mass is 10.5. The highest BCUT2D eigenvalue weighted by Gasteiger charge is 2.23. The highest BCUT2D eigenvalue weighted by molar-refractivity contribution is 7.89. The quantitative estimate of drug-likeness (QED) is 0.812. The Bertz CT molecular complexity index is 458. The van der Waals surface area contributed by atoms with Crippen molar-refractivity contribution in [3.05, 3.63) is 24.3 Å². The fraction of sp³-hybridized carbons (Fsp3) is 0.500. The molecular weight excluding hydrogens is 245 g/mol. The van der Waals surface area contributed by atoms with Gasteiger partial charge in [0, 0.05) is 25.8 Å². The Balaban J connectivity index is 3.07. The van der Waals surface area contributed by atoms with Gasteiger partial charge in [0.25, 0.3) is 0 Å². The molecule has 0 amide bonds. The molecule has 7 heteroatoms. The van der Waals surface area contributed by atoms with Crippen molar-refractivity contribution in [3.8, 4) is 0 Å². The Morgan fingerprint density at radius 3 is 2.65 bits per heavy atom. The van der Waals surface area contributed by atoms with Gasteiger partial charge < -0.3 is 5.73 Å². The summed E-state index contributed by atoms with van der Waals surface area (Å²) >= 11 is 0. The Kier molecular flexibility index (Phi) is 4.98. The van der Waals surface area contributed by atoms with Crippen LogP contribution in [0.25, 0.3) is 0 Å². The maximum atomic E-state index is 13.0. The van der Waals surface area contributed by atoms with Crippen molar-refractivity contribution in [1.82, 2.24) is 9.29 Å². The van der Waals surface area contributed by atoms with Crippen LogP contribution in [-0.2, 0) is 10.0 Å². The molecule has 17 heavy (non-hydrogen) atoms. The number of nitrogens with zero attached hydrogens (tertiary/aromatic N) is 2. The molecule has 0 bridgehead atoms. The SMILES string of the molecule is CCCN(CCN)S(=O)(=O)c1cncc(F)c1. The van der Waals surface area contributed by atoms with Gasteiger partial charge in [0.2, 0.25) is 10.0 Å². The van der Waals surface area contributed by atoms with Crippen molar-refractivity contribution in [2.45, 2.75) is 18.2 Å². The zero-order valence-corrected chi connectivity index (χ0v) is 10.5. The number of hydrogen-bond acceptors (Lipinski definition) is 4. The zero-order chi connectivity index (χ0) is 12.9. The summed E-state index contributed by atoms with van der Waals surface area (Å²) in [7, 11) is -3.70. The molecule has 1 heterocycles. The monoisotopic (exact) mass is 261 g/mol. The molecule has 2 N–H and O–H groups in total. The Hall–Kier alpha value is -1.05. The van der Waals surface area contributed by atoms with Crippen molar-refractivity contribution in [3.63, 3.8) is 0 Å². The maximum absolute atomic E-state index is 13.0. The second kappa shape index (κ2) is 6.04. The summed E-state index contributed by atoms with van der Waals surface area (Å²) in [6.45, 7) is 2.66. The topological polar surface area (TPSA) is 76.3 Å². The average molecular weight is 261 g/mol. The summed E-state index contributed by atoms with van der Waals surface area (Å²) in [6.07, 6.45) is 2.77. The molecule has 0 aliphatic rings. The van der Waals surface area contributed by atoms with Crippen molar-refractivity contribution in [2.24, 2.45) is 5.73 Å². The minimum atomic E-state index is -3.70. The fourth-order valence-electron chi connectivity index (χ4n) is 1.43.